The Morgan fingerprint density at radius 2 is 2.00 bits per heavy atom. The average Bonchev–Trinajstić information content (AvgIpc) is 2.59. The zero-order valence-electron chi connectivity index (χ0n) is 9.77. The zero-order valence-corrected chi connectivity index (χ0v) is 9.77. The van der Waals surface area contributed by atoms with Gasteiger partial charge in [0, 0.05) is 26.2 Å². The molecule has 1 fully saturated rings. The molecule has 0 bridgehead atoms. The van der Waals surface area contributed by atoms with Crippen LogP contribution in [0.5, 0.6) is 0 Å². The van der Waals surface area contributed by atoms with Crippen molar-refractivity contribution in [2.45, 2.75) is 6.04 Å². The van der Waals surface area contributed by atoms with Gasteiger partial charge in [0.15, 0.2) is 0 Å². The van der Waals surface area contributed by atoms with Crippen LogP contribution in [0, 0.1) is 5.92 Å². The van der Waals surface area contributed by atoms with Crippen LogP contribution in [0.4, 0.5) is 0 Å². The summed E-state index contributed by atoms with van der Waals surface area (Å²) in [5, 5.41) is 0. The predicted molar refractivity (Wildman–Crippen MR) is 58.5 cm³/mol. The van der Waals surface area contributed by atoms with Crippen LogP contribution in [0.2, 0.25) is 0 Å². The number of nitrogens with zero attached hydrogens (tertiary/aromatic N) is 2. The molecule has 15 heavy (non-hydrogen) atoms. The van der Waals surface area contributed by atoms with E-state index in [1.165, 1.54) is 0 Å². The molecule has 5 nitrogen and oxygen atoms in total. The minimum Gasteiger partial charge on any atom is -0.379 e. The molecule has 0 spiro atoms. The van der Waals surface area contributed by atoms with Crippen LogP contribution in [0.1, 0.15) is 0 Å². The number of hydrogen-bond donors (Lipinski definition) is 1. The van der Waals surface area contributed by atoms with Crippen LogP contribution in [-0.2, 0) is 9.53 Å². The van der Waals surface area contributed by atoms with E-state index >= 15 is 0 Å². The first kappa shape index (κ1) is 12.4. The highest BCUT2D eigenvalue weighted by atomic mass is 16.5. The minimum atomic E-state index is -0.155. The van der Waals surface area contributed by atoms with E-state index in [1.807, 2.05) is 21.1 Å². The Morgan fingerprint density at radius 3 is 2.47 bits per heavy atom. The Hall–Kier alpha value is -0.650. The molecule has 1 saturated heterocycles. The van der Waals surface area contributed by atoms with Crippen molar-refractivity contribution in [3.8, 4) is 0 Å². The molecule has 2 unspecified atom stereocenters. The number of hydrogen-bond acceptors (Lipinski definition) is 4. The van der Waals surface area contributed by atoms with Crippen molar-refractivity contribution in [2.75, 3.05) is 47.4 Å². The van der Waals surface area contributed by atoms with Crippen molar-refractivity contribution in [1.82, 2.24) is 9.80 Å². The first-order chi connectivity index (χ1) is 7.02. The third-order valence-electron chi connectivity index (χ3n) is 2.70. The molecule has 0 aromatic heterocycles. The Morgan fingerprint density at radius 1 is 1.33 bits per heavy atom. The van der Waals surface area contributed by atoms with Crippen LogP contribution in [0.15, 0.2) is 0 Å². The van der Waals surface area contributed by atoms with E-state index in [-0.39, 0.29) is 17.9 Å². The minimum absolute atomic E-state index is 0.0989. The third-order valence-corrected chi connectivity index (χ3v) is 2.70. The summed E-state index contributed by atoms with van der Waals surface area (Å²) in [6.07, 6.45) is 0. The van der Waals surface area contributed by atoms with Crippen LogP contribution in [0.25, 0.3) is 0 Å². The predicted octanol–water partition coefficient (Wildman–Crippen LogP) is -1.02. The fourth-order valence-electron chi connectivity index (χ4n) is 1.57. The lowest BCUT2D eigenvalue weighted by Crippen LogP contribution is -2.43. The van der Waals surface area contributed by atoms with Gasteiger partial charge in [-0.25, -0.2) is 0 Å². The molecule has 0 radical (unpaired) electrons. The second kappa shape index (κ2) is 5.44. The van der Waals surface area contributed by atoms with E-state index in [4.69, 9.17) is 10.5 Å². The molecular weight excluding hydrogens is 194 g/mol. The molecule has 88 valence electrons. The summed E-state index contributed by atoms with van der Waals surface area (Å²) in [5.74, 6) is -0.0565. The van der Waals surface area contributed by atoms with Crippen molar-refractivity contribution in [3.63, 3.8) is 0 Å². The van der Waals surface area contributed by atoms with Crippen molar-refractivity contribution in [2.24, 2.45) is 11.7 Å². The first-order valence-electron chi connectivity index (χ1n) is 5.25. The summed E-state index contributed by atoms with van der Waals surface area (Å²) >= 11 is 0. The summed E-state index contributed by atoms with van der Waals surface area (Å²) in [5.41, 5.74) is 5.79. The van der Waals surface area contributed by atoms with Gasteiger partial charge in [-0.2, -0.15) is 0 Å². The standard InChI is InChI=1S/C10H21N3O2/c1-12(2)4-5-13(3)10(14)8-6-15-7-9(8)11/h8-9H,4-7,11H2,1-3H3. The van der Waals surface area contributed by atoms with Gasteiger partial charge in [0.1, 0.15) is 0 Å². The number of carbonyl (C=O) groups excluding carboxylic acids is 1. The van der Waals surface area contributed by atoms with Crippen molar-refractivity contribution in [1.29, 1.82) is 0 Å². The molecule has 0 saturated carbocycles. The Balaban J connectivity index is 2.38. The van der Waals surface area contributed by atoms with Crippen LogP contribution in [-0.4, -0.2) is 69.2 Å². The van der Waals surface area contributed by atoms with Gasteiger partial charge in [0.25, 0.3) is 0 Å². The van der Waals surface area contributed by atoms with Crippen LogP contribution < -0.4 is 5.73 Å². The molecule has 1 aliphatic heterocycles. The first-order valence-corrected chi connectivity index (χ1v) is 5.25. The Kier molecular flexibility index (Phi) is 4.50. The van der Waals surface area contributed by atoms with E-state index in [0.717, 1.165) is 13.1 Å². The van der Waals surface area contributed by atoms with Gasteiger partial charge in [0.2, 0.25) is 5.91 Å². The molecule has 2 atom stereocenters. The summed E-state index contributed by atoms with van der Waals surface area (Å²) in [4.78, 5) is 15.7. The number of ether oxygens (including phenoxy) is 1. The number of rotatable bonds is 4. The largest absolute Gasteiger partial charge is 0.379 e. The molecular formula is C10H21N3O2. The molecule has 1 heterocycles. The normalized spacial score (nSPS) is 25.9. The number of carbonyl (C=O) groups is 1. The van der Waals surface area contributed by atoms with Gasteiger partial charge in [-0.05, 0) is 14.1 Å². The SMILES string of the molecule is CN(C)CCN(C)C(=O)C1COCC1N. The third kappa shape index (κ3) is 3.44. The van der Waals surface area contributed by atoms with E-state index in [2.05, 4.69) is 4.90 Å². The van der Waals surface area contributed by atoms with Gasteiger partial charge in [-0.1, -0.05) is 0 Å². The van der Waals surface area contributed by atoms with Crippen LogP contribution >= 0.6 is 0 Å². The van der Waals surface area contributed by atoms with E-state index in [0.29, 0.717) is 13.2 Å². The van der Waals surface area contributed by atoms with Crippen LogP contribution in [0.3, 0.4) is 0 Å². The lowest BCUT2D eigenvalue weighted by molar-refractivity contribution is -0.134. The highest BCUT2D eigenvalue weighted by Crippen LogP contribution is 2.13. The molecule has 0 aliphatic carbocycles. The van der Waals surface area contributed by atoms with Crippen molar-refractivity contribution < 1.29 is 9.53 Å². The second-order valence-corrected chi connectivity index (χ2v) is 4.37. The van der Waals surface area contributed by atoms with E-state index in [1.54, 1.807) is 4.90 Å². The second-order valence-electron chi connectivity index (χ2n) is 4.37. The maximum absolute atomic E-state index is 11.9. The fourth-order valence-corrected chi connectivity index (χ4v) is 1.57. The smallest absolute Gasteiger partial charge is 0.229 e. The summed E-state index contributed by atoms with van der Waals surface area (Å²) < 4.78 is 5.18. The molecule has 1 rings (SSSR count). The number of nitrogens with two attached hydrogens (primary N) is 1. The molecule has 5 heteroatoms. The highest BCUT2D eigenvalue weighted by Gasteiger charge is 2.32. The molecule has 2 N–H and O–H groups in total. The van der Waals surface area contributed by atoms with Crippen molar-refractivity contribution in [3.05, 3.63) is 0 Å². The van der Waals surface area contributed by atoms with Gasteiger partial charge in [-0.3, -0.25) is 4.79 Å². The van der Waals surface area contributed by atoms with Gasteiger partial charge < -0.3 is 20.3 Å². The molecule has 1 aliphatic rings. The van der Waals surface area contributed by atoms with Gasteiger partial charge in [-0.15, -0.1) is 0 Å². The number of amides is 1. The maximum atomic E-state index is 11.9. The maximum Gasteiger partial charge on any atom is 0.229 e. The van der Waals surface area contributed by atoms with E-state index in [9.17, 15) is 4.79 Å². The van der Waals surface area contributed by atoms with E-state index < -0.39 is 0 Å². The number of likely N-dealkylation sites (N-methyl/N-ethyl adjacent to an activating group) is 2. The van der Waals surface area contributed by atoms with Gasteiger partial charge >= 0.3 is 0 Å². The Bertz CT molecular complexity index is 221. The Labute approximate surface area is 91.2 Å². The van der Waals surface area contributed by atoms with Gasteiger partial charge in [0.05, 0.1) is 19.1 Å². The summed E-state index contributed by atoms with van der Waals surface area (Å²) in [6.45, 7) is 2.56. The topological polar surface area (TPSA) is 58.8 Å². The van der Waals surface area contributed by atoms with Crippen molar-refractivity contribution >= 4 is 5.91 Å². The molecule has 0 aromatic rings. The molecule has 1 amide bonds. The fraction of sp³-hybridized carbons (Fsp3) is 0.900. The summed E-state index contributed by atoms with van der Waals surface area (Å²) in [6, 6.07) is -0.140. The highest BCUT2D eigenvalue weighted by molar-refractivity contribution is 5.79. The lowest BCUT2D eigenvalue weighted by atomic mass is 10.0. The quantitative estimate of drug-likeness (QED) is 0.652. The molecule has 0 aromatic carbocycles. The zero-order chi connectivity index (χ0) is 11.4. The lowest BCUT2D eigenvalue weighted by Gasteiger charge is -2.23. The summed E-state index contributed by atoms with van der Waals surface area (Å²) in [7, 11) is 5.79. The monoisotopic (exact) mass is 215 g/mol. The average molecular weight is 215 g/mol.